The second kappa shape index (κ2) is 6.70. The van der Waals surface area contributed by atoms with Gasteiger partial charge in [-0.2, -0.15) is 0 Å². The second-order valence-electron chi connectivity index (χ2n) is 3.52. The van der Waals surface area contributed by atoms with Crippen LogP contribution < -0.4 is 51.4 Å². The molecule has 76 valence electrons. The summed E-state index contributed by atoms with van der Waals surface area (Å²) in [6.45, 7) is -1.91. The van der Waals surface area contributed by atoms with Crippen LogP contribution >= 0.6 is 0 Å². The molecule has 0 N–H and O–H groups in total. The molecule has 1 saturated carbocycles. The summed E-state index contributed by atoms with van der Waals surface area (Å²) in [4.78, 5) is 0. The Kier molecular flexibility index (Phi) is 7.28. The van der Waals surface area contributed by atoms with Crippen molar-refractivity contribution in [3.63, 3.8) is 0 Å². The smallest absolute Gasteiger partial charge is 0.445 e. The summed E-state index contributed by atoms with van der Waals surface area (Å²) in [5.74, 6) is 0.699. The van der Waals surface area contributed by atoms with Gasteiger partial charge >= 0.3 is 58.4 Å². The first-order valence-corrected chi connectivity index (χ1v) is 4.45. The molecule has 1 rings (SSSR count). The molecule has 1 aliphatic rings. The zero-order chi connectivity index (χ0) is 9.90. The van der Waals surface area contributed by atoms with Crippen molar-refractivity contribution in [2.45, 2.75) is 19.3 Å². The minimum Gasteiger partial charge on any atom is -0.445 e. The maximum absolute atomic E-state index is 11.9. The summed E-state index contributed by atoms with van der Waals surface area (Å²) in [5.41, 5.74) is -0.740. The molecule has 0 aromatic heterocycles. The van der Waals surface area contributed by atoms with Crippen LogP contribution in [0.15, 0.2) is 12.1 Å². The minimum absolute atomic E-state index is 0. The van der Waals surface area contributed by atoms with E-state index < -0.39 is 12.4 Å². The number of rotatable bonds is 6. The molecule has 0 atom stereocenters. The van der Waals surface area contributed by atoms with Crippen molar-refractivity contribution < 1.29 is 69.1 Å². The standard InChI is InChI=1S/C8H13BF3O.K/c1-7(9(10,11)12)6-13-5-4-8-2-3-8;/h8H,1-6H2;/q-1;+1. The van der Waals surface area contributed by atoms with E-state index in [-0.39, 0.29) is 58.0 Å². The Morgan fingerprint density at radius 2 is 1.93 bits per heavy atom. The van der Waals surface area contributed by atoms with E-state index in [4.69, 9.17) is 4.74 Å². The topological polar surface area (TPSA) is 9.23 Å². The van der Waals surface area contributed by atoms with Crippen LogP contribution in [-0.2, 0) is 4.74 Å². The van der Waals surface area contributed by atoms with E-state index in [1.807, 2.05) is 0 Å². The summed E-state index contributed by atoms with van der Waals surface area (Å²) < 4.78 is 40.7. The van der Waals surface area contributed by atoms with Gasteiger partial charge in [0.05, 0.1) is 0 Å². The van der Waals surface area contributed by atoms with Gasteiger partial charge in [0.25, 0.3) is 0 Å². The molecule has 6 heteroatoms. The predicted molar refractivity (Wildman–Crippen MR) is 46.4 cm³/mol. The van der Waals surface area contributed by atoms with E-state index in [0.29, 0.717) is 12.5 Å². The zero-order valence-electron chi connectivity index (χ0n) is 8.44. The molecule has 0 radical (unpaired) electrons. The Morgan fingerprint density at radius 1 is 1.36 bits per heavy atom. The average molecular weight is 232 g/mol. The largest absolute Gasteiger partial charge is 1.00 e. The first-order valence-electron chi connectivity index (χ1n) is 4.45. The van der Waals surface area contributed by atoms with Crippen molar-refractivity contribution in [3.8, 4) is 0 Å². The van der Waals surface area contributed by atoms with Crippen molar-refractivity contribution in [1.82, 2.24) is 0 Å². The summed E-state index contributed by atoms with van der Waals surface area (Å²) in [7, 11) is 0. The summed E-state index contributed by atoms with van der Waals surface area (Å²) in [6, 6.07) is 0. The molecule has 0 aromatic rings. The molecule has 0 aliphatic heterocycles. The molecular weight excluding hydrogens is 219 g/mol. The van der Waals surface area contributed by atoms with Gasteiger partial charge in [0.15, 0.2) is 0 Å². The number of halogens is 3. The molecule has 1 nitrogen and oxygen atoms in total. The van der Waals surface area contributed by atoms with Crippen LogP contribution in [0.1, 0.15) is 19.3 Å². The van der Waals surface area contributed by atoms with Gasteiger partial charge in [-0.15, -0.1) is 12.1 Å². The van der Waals surface area contributed by atoms with Gasteiger partial charge in [-0.1, -0.05) is 12.8 Å². The van der Waals surface area contributed by atoms with Crippen LogP contribution in [0.4, 0.5) is 12.9 Å². The first-order chi connectivity index (χ1) is 6.00. The van der Waals surface area contributed by atoms with Gasteiger partial charge in [0.1, 0.15) is 0 Å². The van der Waals surface area contributed by atoms with Gasteiger partial charge in [0.2, 0.25) is 0 Å². The van der Waals surface area contributed by atoms with Gasteiger partial charge in [-0.25, -0.2) is 0 Å². The fourth-order valence-corrected chi connectivity index (χ4v) is 0.954. The Hall–Kier alpha value is 1.19. The van der Waals surface area contributed by atoms with Gasteiger partial charge in [-0.05, 0) is 12.3 Å². The van der Waals surface area contributed by atoms with Crippen LogP contribution in [-0.4, -0.2) is 20.2 Å². The quantitative estimate of drug-likeness (QED) is 0.453. The molecule has 0 bridgehead atoms. The van der Waals surface area contributed by atoms with E-state index in [1.54, 1.807) is 0 Å². The summed E-state index contributed by atoms with van der Waals surface area (Å²) in [6.07, 6.45) is 3.29. The average Bonchev–Trinajstić information content (AvgIpc) is 2.79. The Balaban J connectivity index is 0.00000169. The maximum Gasteiger partial charge on any atom is 1.00 e. The number of hydrogen-bond acceptors (Lipinski definition) is 1. The molecular formula is C8H13BF3KO. The molecule has 0 amide bonds. The SMILES string of the molecule is C=C(COCCC1CC1)[B-](F)(F)F.[K+]. The van der Waals surface area contributed by atoms with Crippen molar-refractivity contribution >= 4 is 6.98 Å². The molecule has 0 saturated heterocycles. The second-order valence-corrected chi connectivity index (χ2v) is 3.52. The van der Waals surface area contributed by atoms with E-state index >= 15 is 0 Å². The van der Waals surface area contributed by atoms with Gasteiger partial charge < -0.3 is 17.7 Å². The van der Waals surface area contributed by atoms with E-state index in [0.717, 1.165) is 6.42 Å². The third-order valence-corrected chi connectivity index (χ3v) is 2.12. The van der Waals surface area contributed by atoms with Crippen LogP contribution in [0.3, 0.4) is 0 Å². The van der Waals surface area contributed by atoms with Crippen molar-refractivity contribution in [2.24, 2.45) is 5.92 Å². The van der Waals surface area contributed by atoms with Crippen LogP contribution in [0, 0.1) is 5.92 Å². The third-order valence-electron chi connectivity index (χ3n) is 2.12. The number of hydrogen-bond donors (Lipinski definition) is 0. The monoisotopic (exact) mass is 232 g/mol. The Bertz CT molecular complexity index is 192. The van der Waals surface area contributed by atoms with Crippen molar-refractivity contribution in [2.75, 3.05) is 13.2 Å². The fraction of sp³-hybridized carbons (Fsp3) is 0.750. The van der Waals surface area contributed by atoms with Gasteiger partial charge in [0, 0.05) is 13.2 Å². The van der Waals surface area contributed by atoms with Crippen LogP contribution in [0.5, 0.6) is 0 Å². The Morgan fingerprint density at radius 3 is 2.36 bits per heavy atom. The molecule has 0 heterocycles. The van der Waals surface area contributed by atoms with Crippen molar-refractivity contribution in [3.05, 3.63) is 12.1 Å². The third kappa shape index (κ3) is 6.63. The van der Waals surface area contributed by atoms with Gasteiger partial charge in [-0.3, -0.25) is 0 Å². The molecule has 0 spiro atoms. The Labute approximate surface area is 125 Å². The normalized spacial score (nSPS) is 16.2. The summed E-state index contributed by atoms with van der Waals surface area (Å²) in [5, 5.41) is 0. The molecule has 14 heavy (non-hydrogen) atoms. The first kappa shape index (κ1) is 15.2. The van der Waals surface area contributed by atoms with Crippen molar-refractivity contribution in [1.29, 1.82) is 0 Å². The van der Waals surface area contributed by atoms with E-state index in [9.17, 15) is 12.9 Å². The zero-order valence-corrected chi connectivity index (χ0v) is 11.6. The molecule has 1 fully saturated rings. The number of ether oxygens (including phenoxy) is 1. The molecule has 0 unspecified atom stereocenters. The van der Waals surface area contributed by atoms with E-state index in [2.05, 4.69) is 6.58 Å². The van der Waals surface area contributed by atoms with Crippen LogP contribution in [0.2, 0.25) is 0 Å². The minimum atomic E-state index is -4.91. The summed E-state index contributed by atoms with van der Waals surface area (Å²) >= 11 is 0. The van der Waals surface area contributed by atoms with E-state index in [1.165, 1.54) is 12.8 Å². The molecule has 0 aromatic carbocycles. The fourth-order valence-electron chi connectivity index (χ4n) is 0.954. The van der Waals surface area contributed by atoms with Crippen LogP contribution in [0.25, 0.3) is 0 Å². The maximum atomic E-state index is 11.9. The predicted octanol–water partition coefficient (Wildman–Crippen LogP) is -0.250. The molecule has 1 aliphatic carbocycles.